The highest BCUT2D eigenvalue weighted by Crippen LogP contribution is 2.23. The van der Waals surface area contributed by atoms with Crippen molar-refractivity contribution in [2.75, 3.05) is 0 Å². The van der Waals surface area contributed by atoms with Gasteiger partial charge in [-0.3, -0.25) is 5.41 Å². The molecule has 1 heterocycles. The topological polar surface area (TPSA) is 72.0 Å². The molecular formula is C9H10F3N3O. The van der Waals surface area contributed by atoms with Gasteiger partial charge in [0.25, 0.3) is 0 Å². The van der Waals surface area contributed by atoms with Crippen LogP contribution in [0.1, 0.15) is 12.5 Å². The number of rotatable bonds is 3. The second-order valence-electron chi connectivity index (χ2n) is 3.10. The summed E-state index contributed by atoms with van der Waals surface area (Å²) < 4.78 is 41.0. The Labute approximate surface area is 89.7 Å². The molecule has 1 unspecified atom stereocenters. The van der Waals surface area contributed by atoms with E-state index in [9.17, 15) is 13.2 Å². The number of aromatic nitrogens is 1. The lowest BCUT2D eigenvalue weighted by molar-refractivity contribution is -0.189. The van der Waals surface area contributed by atoms with E-state index in [0.717, 1.165) is 6.92 Å². The van der Waals surface area contributed by atoms with Crippen LogP contribution >= 0.6 is 0 Å². The van der Waals surface area contributed by atoms with Crippen molar-refractivity contribution in [3.63, 3.8) is 0 Å². The maximum absolute atomic E-state index is 12.1. The second kappa shape index (κ2) is 4.38. The number of nitrogens with zero attached hydrogens (tertiary/aromatic N) is 1. The first kappa shape index (κ1) is 12.3. The van der Waals surface area contributed by atoms with E-state index < -0.39 is 12.3 Å². The largest absolute Gasteiger partial charge is 0.465 e. The number of pyridine rings is 1. The molecule has 1 aromatic rings. The first-order valence-corrected chi connectivity index (χ1v) is 4.34. The molecule has 0 aliphatic carbocycles. The van der Waals surface area contributed by atoms with Gasteiger partial charge in [-0.15, -0.1) is 0 Å². The van der Waals surface area contributed by atoms with Gasteiger partial charge in [0, 0.05) is 17.8 Å². The van der Waals surface area contributed by atoms with Crippen LogP contribution in [0.15, 0.2) is 18.3 Å². The molecule has 0 aromatic carbocycles. The molecular weight excluding hydrogens is 223 g/mol. The van der Waals surface area contributed by atoms with Crippen molar-refractivity contribution in [3.8, 4) is 5.88 Å². The smallest absolute Gasteiger partial charge is 0.425 e. The van der Waals surface area contributed by atoms with Crippen LogP contribution in [0.2, 0.25) is 0 Å². The average Bonchev–Trinajstić information content (AvgIpc) is 2.17. The van der Waals surface area contributed by atoms with E-state index in [1.54, 1.807) is 0 Å². The monoisotopic (exact) mass is 233 g/mol. The number of nitrogens with two attached hydrogens (primary N) is 1. The number of halogens is 3. The van der Waals surface area contributed by atoms with E-state index in [-0.39, 0.29) is 11.7 Å². The summed E-state index contributed by atoms with van der Waals surface area (Å²) in [5.74, 6) is -0.363. The molecule has 0 saturated carbocycles. The summed E-state index contributed by atoms with van der Waals surface area (Å²) in [6.07, 6.45) is -5.18. The molecule has 16 heavy (non-hydrogen) atoms. The van der Waals surface area contributed by atoms with Crippen LogP contribution in [-0.2, 0) is 0 Å². The minimum atomic E-state index is -4.43. The molecule has 0 bridgehead atoms. The Morgan fingerprint density at radius 3 is 2.50 bits per heavy atom. The van der Waals surface area contributed by atoms with Gasteiger partial charge in [0.05, 0.1) is 0 Å². The molecule has 3 N–H and O–H groups in total. The van der Waals surface area contributed by atoms with E-state index in [1.165, 1.54) is 18.3 Å². The van der Waals surface area contributed by atoms with Gasteiger partial charge in [0.1, 0.15) is 5.84 Å². The maximum atomic E-state index is 12.1. The molecule has 7 heteroatoms. The Bertz CT molecular complexity index is 375. The fourth-order valence-corrected chi connectivity index (χ4v) is 0.857. The number of hydrogen-bond donors (Lipinski definition) is 2. The van der Waals surface area contributed by atoms with Crippen molar-refractivity contribution in [1.82, 2.24) is 4.98 Å². The third-order valence-corrected chi connectivity index (χ3v) is 1.81. The van der Waals surface area contributed by atoms with Crippen molar-refractivity contribution in [1.29, 1.82) is 5.41 Å². The molecule has 0 aliphatic rings. The third kappa shape index (κ3) is 3.11. The molecule has 88 valence electrons. The number of amidine groups is 1. The molecule has 0 saturated heterocycles. The van der Waals surface area contributed by atoms with Gasteiger partial charge in [0.15, 0.2) is 6.10 Å². The minimum absolute atomic E-state index is 0.158. The van der Waals surface area contributed by atoms with Crippen LogP contribution in [0.5, 0.6) is 5.88 Å². The summed E-state index contributed by atoms with van der Waals surface area (Å²) in [7, 11) is 0. The van der Waals surface area contributed by atoms with Gasteiger partial charge in [-0.05, 0) is 13.0 Å². The van der Waals surface area contributed by atoms with E-state index in [4.69, 9.17) is 11.1 Å². The molecule has 1 atom stereocenters. The van der Waals surface area contributed by atoms with Crippen molar-refractivity contribution in [3.05, 3.63) is 23.9 Å². The Morgan fingerprint density at radius 1 is 1.50 bits per heavy atom. The Morgan fingerprint density at radius 2 is 2.12 bits per heavy atom. The second-order valence-corrected chi connectivity index (χ2v) is 3.10. The SMILES string of the molecule is CC(Oc1ccc(C(=N)N)cn1)C(F)(F)F. The van der Waals surface area contributed by atoms with Gasteiger partial charge in [0.2, 0.25) is 5.88 Å². The van der Waals surface area contributed by atoms with E-state index >= 15 is 0 Å². The van der Waals surface area contributed by atoms with Gasteiger partial charge in [-0.2, -0.15) is 13.2 Å². The van der Waals surface area contributed by atoms with Crippen molar-refractivity contribution < 1.29 is 17.9 Å². The molecule has 1 aromatic heterocycles. The lowest BCUT2D eigenvalue weighted by atomic mass is 10.3. The quantitative estimate of drug-likeness (QED) is 0.616. The highest BCUT2D eigenvalue weighted by atomic mass is 19.4. The van der Waals surface area contributed by atoms with Crippen LogP contribution in [0, 0.1) is 5.41 Å². The lowest BCUT2D eigenvalue weighted by Crippen LogP contribution is -2.31. The summed E-state index contributed by atoms with van der Waals surface area (Å²) in [4.78, 5) is 3.61. The van der Waals surface area contributed by atoms with Crippen LogP contribution < -0.4 is 10.5 Å². The summed E-state index contributed by atoms with van der Waals surface area (Å²) in [6.45, 7) is 0.889. The van der Waals surface area contributed by atoms with E-state index in [2.05, 4.69) is 9.72 Å². The Hall–Kier alpha value is -1.79. The first-order chi connectivity index (χ1) is 7.30. The molecule has 0 amide bonds. The van der Waals surface area contributed by atoms with Gasteiger partial charge < -0.3 is 10.5 Å². The number of nitrogens with one attached hydrogen (secondary N) is 1. The molecule has 4 nitrogen and oxygen atoms in total. The lowest BCUT2D eigenvalue weighted by Gasteiger charge is -2.16. The Balaban J connectivity index is 2.73. The molecule has 1 rings (SSSR count). The third-order valence-electron chi connectivity index (χ3n) is 1.81. The molecule has 0 radical (unpaired) electrons. The summed E-state index contributed by atoms with van der Waals surface area (Å²) in [5.41, 5.74) is 5.48. The van der Waals surface area contributed by atoms with E-state index in [1.807, 2.05) is 0 Å². The van der Waals surface area contributed by atoms with Gasteiger partial charge in [-0.1, -0.05) is 0 Å². The molecule has 0 spiro atoms. The first-order valence-electron chi connectivity index (χ1n) is 4.34. The highest BCUT2D eigenvalue weighted by Gasteiger charge is 2.38. The molecule has 0 aliphatic heterocycles. The van der Waals surface area contributed by atoms with Crippen molar-refractivity contribution >= 4 is 5.84 Å². The maximum Gasteiger partial charge on any atom is 0.425 e. The van der Waals surface area contributed by atoms with Crippen molar-refractivity contribution in [2.24, 2.45) is 5.73 Å². The van der Waals surface area contributed by atoms with Crippen LogP contribution in [0.3, 0.4) is 0 Å². The summed E-state index contributed by atoms with van der Waals surface area (Å²) in [5, 5.41) is 7.06. The highest BCUT2D eigenvalue weighted by molar-refractivity contribution is 5.94. The predicted octanol–water partition coefficient (Wildman–Crippen LogP) is 1.70. The number of ether oxygens (including phenoxy) is 1. The zero-order valence-corrected chi connectivity index (χ0v) is 8.38. The number of hydrogen-bond acceptors (Lipinski definition) is 3. The summed E-state index contributed by atoms with van der Waals surface area (Å²) >= 11 is 0. The van der Waals surface area contributed by atoms with Gasteiger partial charge >= 0.3 is 6.18 Å². The molecule has 0 fully saturated rings. The fraction of sp³-hybridized carbons (Fsp3) is 0.333. The normalized spacial score (nSPS) is 13.2. The van der Waals surface area contributed by atoms with Gasteiger partial charge in [-0.25, -0.2) is 4.98 Å². The van der Waals surface area contributed by atoms with Crippen molar-refractivity contribution in [2.45, 2.75) is 19.2 Å². The fourth-order valence-electron chi connectivity index (χ4n) is 0.857. The zero-order chi connectivity index (χ0) is 12.3. The predicted molar refractivity (Wildman–Crippen MR) is 51.4 cm³/mol. The minimum Gasteiger partial charge on any atom is -0.465 e. The average molecular weight is 233 g/mol. The van der Waals surface area contributed by atoms with Crippen LogP contribution in [0.25, 0.3) is 0 Å². The van der Waals surface area contributed by atoms with E-state index in [0.29, 0.717) is 5.56 Å². The number of alkyl halides is 3. The zero-order valence-electron chi connectivity index (χ0n) is 8.38. The Kier molecular flexibility index (Phi) is 3.36. The van der Waals surface area contributed by atoms with Crippen LogP contribution in [0.4, 0.5) is 13.2 Å². The summed E-state index contributed by atoms with van der Waals surface area (Å²) in [6, 6.07) is 2.60. The standard InChI is InChI=1S/C9H10F3N3O/c1-5(9(10,11)12)16-7-3-2-6(4-15-7)8(13)14/h2-5H,1H3,(H3,13,14). The van der Waals surface area contributed by atoms with Crippen LogP contribution in [-0.4, -0.2) is 23.1 Å². The number of nitrogen functional groups attached to an aromatic ring is 1.